The minimum absolute atomic E-state index is 0.0488. The highest BCUT2D eigenvalue weighted by Gasteiger charge is 2.32. The van der Waals surface area contributed by atoms with Gasteiger partial charge in [-0.25, -0.2) is 4.98 Å². The second kappa shape index (κ2) is 8.89. The predicted molar refractivity (Wildman–Crippen MR) is 125 cm³/mol. The summed E-state index contributed by atoms with van der Waals surface area (Å²) in [5.41, 5.74) is 2.23. The van der Waals surface area contributed by atoms with Crippen molar-refractivity contribution in [3.63, 3.8) is 0 Å². The van der Waals surface area contributed by atoms with Crippen LogP contribution in [-0.4, -0.2) is 60.6 Å². The van der Waals surface area contributed by atoms with Crippen molar-refractivity contribution in [1.29, 1.82) is 0 Å². The van der Waals surface area contributed by atoms with Gasteiger partial charge in [0.2, 0.25) is 10.8 Å². The molecule has 2 aromatic heterocycles. The Labute approximate surface area is 194 Å². The number of aromatic nitrogens is 3. The number of nitrogens with zero attached hydrogens (tertiary/aromatic N) is 6. The molecule has 0 radical (unpaired) electrons. The first-order valence-electron chi connectivity index (χ1n) is 10.8. The van der Waals surface area contributed by atoms with Crippen LogP contribution in [0.3, 0.4) is 0 Å². The Kier molecular flexibility index (Phi) is 5.79. The van der Waals surface area contributed by atoms with Gasteiger partial charge in [0.05, 0.1) is 15.8 Å². The van der Waals surface area contributed by atoms with E-state index in [0.717, 1.165) is 43.2 Å². The van der Waals surface area contributed by atoms with Crippen molar-refractivity contribution < 1.29 is 10.0 Å². The molecule has 33 heavy (non-hydrogen) atoms. The maximum atomic E-state index is 11.1. The van der Waals surface area contributed by atoms with Gasteiger partial charge in [0, 0.05) is 44.9 Å². The van der Waals surface area contributed by atoms with Crippen LogP contribution in [0, 0.1) is 17.0 Å². The lowest BCUT2D eigenvalue weighted by molar-refractivity contribution is -0.384. The number of non-ortho nitro benzene ring substituents is 1. The van der Waals surface area contributed by atoms with Crippen LogP contribution in [0.4, 0.5) is 5.69 Å². The quantitative estimate of drug-likeness (QED) is 0.344. The van der Waals surface area contributed by atoms with Gasteiger partial charge in [0.25, 0.3) is 5.69 Å². The zero-order valence-electron chi connectivity index (χ0n) is 18.2. The van der Waals surface area contributed by atoms with Crippen molar-refractivity contribution in [2.24, 2.45) is 0 Å². The lowest BCUT2D eigenvalue weighted by atomic mass is 10.0. The fourth-order valence-electron chi connectivity index (χ4n) is 4.35. The molecule has 1 aliphatic rings. The van der Waals surface area contributed by atoms with E-state index in [1.54, 1.807) is 19.1 Å². The molecule has 1 unspecified atom stereocenters. The third-order valence-corrected chi connectivity index (χ3v) is 7.07. The number of hydrogen-bond acceptors (Lipinski definition) is 8. The summed E-state index contributed by atoms with van der Waals surface area (Å²) in [7, 11) is 0. The molecule has 2 aromatic carbocycles. The molecule has 1 fully saturated rings. The molecule has 3 heterocycles. The van der Waals surface area contributed by atoms with Gasteiger partial charge in [-0.1, -0.05) is 53.8 Å². The van der Waals surface area contributed by atoms with Crippen LogP contribution in [0.25, 0.3) is 4.96 Å². The third-order valence-electron chi connectivity index (χ3n) is 5.99. The first-order valence-corrected chi connectivity index (χ1v) is 11.6. The Morgan fingerprint density at radius 1 is 1.09 bits per heavy atom. The lowest BCUT2D eigenvalue weighted by Gasteiger charge is -2.39. The molecule has 10 heteroatoms. The molecular formula is C23H24N6O3S. The highest BCUT2D eigenvalue weighted by Crippen LogP contribution is 2.40. The molecule has 0 aliphatic carbocycles. The van der Waals surface area contributed by atoms with Crippen LogP contribution in [-0.2, 0) is 6.54 Å². The third kappa shape index (κ3) is 4.32. The van der Waals surface area contributed by atoms with Crippen molar-refractivity contribution in [3.05, 3.63) is 86.5 Å². The number of nitro groups is 1. The SMILES string of the molecule is Cc1nc2sc(C(c3ccc([N+](=O)[O-])cc3)N3CCN(Cc4ccccc4)CC3)c(O)n2n1. The predicted octanol–water partition coefficient (Wildman–Crippen LogP) is 3.62. The number of aromatic hydroxyl groups is 1. The summed E-state index contributed by atoms with van der Waals surface area (Å²) in [4.78, 5) is 21.3. The second-order valence-electron chi connectivity index (χ2n) is 8.19. The topological polar surface area (TPSA) is 100 Å². The number of nitro benzene ring substituents is 1. The summed E-state index contributed by atoms with van der Waals surface area (Å²) in [6, 6.07) is 16.8. The van der Waals surface area contributed by atoms with Gasteiger partial charge in [-0.3, -0.25) is 19.9 Å². The van der Waals surface area contributed by atoms with Crippen LogP contribution in [0.5, 0.6) is 5.88 Å². The number of hydrogen-bond donors (Lipinski definition) is 1. The van der Waals surface area contributed by atoms with E-state index in [1.807, 2.05) is 6.07 Å². The van der Waals surface area contributed by atoms with E-state index >= 15 is 0 Å². The van der Waals surface area contributed by atoms with Crippen LogP contribution in [0.2, 0.25) is 0 Å². The molecule has 1 atom stereocenters. The van der Waals surface area contributed by atoms with E-state index in [-0.39, 0.29) is 17.6 Å². The Balaban J connectivity index is 1.43. The van der Waals surface area contributed by atoms with E-state index in [4.69, 9.17) is 0 Å². The van der Waals surface area contributed by atoms with Crippen LogP contribution >= 0.6 is 11.3 Å². The van der Waals surface area contributed by atoms with Crippen LogP contribution < -0.4 is 0 Å². The van der Waals surface area contributed by atoms with Crippen molar-refractivity contribution in [2.75, 3.05) is 26.2 Å². The van der Waals surface area contributed by atoms with Crippen LogP contribution in [0.15, 0.2) is 54.6 Å². The summed E-state index contributed by atoms with van der Waals surface area (Å²) in [6.45, 7) is 6.08. The number of benzene rings is 2. The largest absolute Gasteiger partial charge is 0.492 e. The first kappa shape index (κ1) is 21.5. The Bertz CT molecular complexity index is 1260. The van der Waals surface area contributed by atoms with Gasteiger partial charge in [-0.05, 0) is 18.1 Å². The van der Waals surface area contributed by atoms with E-state index in [1.165, 1.54) is 33.5 Å². The van der Waals surface area contributed by atoms with Gasteiger partial charge in [-0.2, -0.15) is 4.52 Å². The van der Waals surface area contributed by atoms with Gasteiger partial charge in [-0.15, -0.1) is 5.10 Å². The van der Waals surface area contributed by atoms with Gasteiger partial charge >= 0.3 is 0 Å². The molecule has 1 saturated heterocycles. The highest BCUT2D eigenvalue weighted by molar-refractivity contribution is 7.17. The van der Waals surface area contributed by atoms with Crippen molar-refractivity contribution in [2.45, 2.75) is 19.5 Å². The normalized spacial score (nSPS) is 16.3. The smallest absolute Gasteiger partial charge is 0.269 e. The summed E-state index contributed by atoms with van der Waals surface area (Å²) in [5, 5.41) is 26.4. The van der Waals surface area contributed by atoms with Crippen molar-refractivity contribution >= 4 is 22.0 Å². The minimum Gasteiger partial charge on any atom is -0.492 e. The average Bonchev–Trinajstić information content (AvgIpc) is 3.33. The average molecular weight is 465 g/mol. The number of piperazine rings is 1. The first-order chi connectivity index (χ1) is 16.0. The molecule has 4 aromatic rings. The van der Waals surface area contributed by atoms with Crippen molar-refractivity contribution in [3.8, 4) is 5.88 Å². The van der Waals surface area contributed by atoms with Crippen molar-refractivity contribution in [1.82, 2.24) is 24.4 Å². The number of rotatable bonds is 6. The zero-order chi connectivity index (χ0) is 22.9. The number of aryl methyl sites for hydroxylation is 1. The minimum atomic E-state index is -0.398. The fourth-order valence-corrected chi connectivity index (χ4v) is 5.52. The van der Waals surface area contributed by atoms with E-state index in [9.17, 15) is 15.2 Å². The highest BCUT2D eigenvalue weighted by atomic mass is 32.1. The maximum Gasteiger partial charge on any atom is 0.269 e. The van der Waals surface area contributed by atoms with Gasteiger partial charge in [0.1, 0.15) is 5.82 Å². The van der Waals surface area contributed by atoms with E-state index in [0.29, 0.717) is 10.8 Å². The molecule has 1 N–H and O–H groups in total. The monoisotopic (exact) mass is 464 g/mol. The molecule has 0 spiro atoms. The standard InChI is InChI=1S/C23H24N6O3S/c1-16-24-23-28(25-16)22(30)21(33-23)20(18-7-9-19(10-8-18)29(31)32)27-13-11-26(12-14-27)15-17-5-3-2-4-6-17/h2-10,20,30H,11-15H2,1H3. The number of thiazole rings is 1. The summed E-state index contributed by atoms with van der Waals surface area (Å²) < 4.78 is 1.47. The Morgan fingerprint density at radius 2 is 1.79 bits per heavy atom. The summed E-state index contributed by atoms with van der Waals surface area (Å²) in [5.74, 6) is 0.676. The van der Waals surface area contributed by atoms with E-state index < -0.39 is 4.92 Å². The van der Waals surface area contributed by atoms with Gasteiger partial charge < -0.3 is 5.11 Å². The van der Waals surface area contributed by atoms with Gasteiger partial charge in [0.15, 0.2) is 0 Å². The molecule has 0 bridgehead atoms. The molecule has 170 valence electrons. The Morgan fingerprint density at radius 3 is 2.42 bits per heavy atom. The molecule has 0 saturated carbocycles. The fraction of sp³-hybridized carbons (Fsp3) is 0.304. The number of fused-ring (bicyclic) bond motifs is 1. The maximum absolute atomic E-state index is 11.1. The van der Waals surface area contributed by atoms with E-state index in [2.05, 4.69) is 44.1 Å². The Hall–Kier alpha value is -3.34. The summed E-state index contributed by atoms with van der Waals surface area (Å²) in [6.07, 6.45) is 0. The zero-order valence-corrected chi connectivity index (χ0v) is 19.0. The molecule has 9 nitrogen and oxygen atoms in total. The summed E-state index contributed by atoms with van der Waals surface area (Å²) >= 11 is 1.41. The second-order valence-corrected chi connectivity index (χ2v) is 9.20. The lowest BCUT2D eigenvalue weighted by Crippen LogP contribution is -2.47. The molecule has 0 amide bonds. The van der Waals surface area contributed by atoms with Crippen LogP contribution in [0.1, 0.15) is 27.9 Å². The molecule has 1 aliphatic heterocycles. The molecular weight excluding hydrogens is 440 g/mol. The molecule has 5 rings (SSSR count).